The number of nitrogens with zero attached hydrogens (tertiary/aromatic N) is 2. The number of benzene rings is 1. The summed E-state index contributed by atoms with van der Waals surface area (Å²) in [5.74, 6) is 0. The van der Waals surface area contributed by atoms with E-state index in [0.29, 0.717) is 11.6 Å². The Morgan fingerprint density at radius 2 is 2.33 bits per heavy atom. The minimum atomic E-state index is -0.558. The second kappa shape index (κ2) is 4.47. The van der Waals surface area contributed by atoms with Crippen molar-refractivity contribution < 1.29 is 5.11 Å². The summed E-state index contributed by atoms with van der Waals surface area (Å²) in [7, 11) is 0. The Hall–Kier alpha value is -1.32. The van der Waals surface area contributed by atoms with E-state index >= 15 is 0 Å². The van der Waals surface area contributed by atoms with Gasteiger partial charge >= 0.3 is 0 Å². The number of aliphatic hydroxyl groups is 1. The van der Waals surface area contributed by atoms with E-state index in [1.54, 1.807) is 24.7 Å². The summed E-state index contributed by atoms with van der Waals surface area (Å²) in [6, 6.07) is 7.24. The molecule has 1 aromatic heterocycles. The average molecular weight is 223 g/mol. The normalized spacial score (nSPS) is 12.7. The van der Waals surface area contributed by atoms with Gasteiger partial charge in [0.25, 0.3) is 0 Å². The molecule has 78 valence electrons. The largest absolute Gasteiger partial charge is 0.387 e. The summed E-state index contributed by atoms with van der Waals surface area (Å²) in [6.45, 7) is 0.486. The van der Waals surface area contributed by atoms with Gasteiger partial charge in [-0.2, -0.15) is 0 Å². The SMILES string of the molecule is O[C@@H](Cn1ccnc1)c1cccc(Cl)c1. The van der Waals surface area contributed by atoms with E-state index in [2.05, 4.69) is 4.98 Å². The molecule has 1 N–H and O–H groups in total. The molecule has 4 heteroatoms. The van der Waals surface area contributed by atoms with Crippen LogP contribution in [0.4, 0.5) is 0 Å². The third-order valence-corrected chi connectivity index (χ3v) is 2.41. The van der Waals surface area contributed by atoms with Gasteiger partial charge in [0, 0.05) is 17.4 Å². The first-order valence-corrected chi connectivity index (χ1v) is 5.03. The monoisotopic (exact) mass is 222 g/mol. The summed E-state index contributed by atoms with van der Waals surface area (Å²) in [6.07, 6.45) is 4.62. The minimum absolute atomic E-state index is 0.486. The lowest BCUT2D eigenvalue weighted by Crippen LogP contribution is -2.06. The van der Waals surface area contributed by atoms with Crippen molar-refractivity contribution >= 4 is 11.6 Å². The van der Waals surface area contributed by atoms with Crippen LogP contribution >= 0.6 is 11.6 Å². The van der Waals surface area contributed by atoms with Crippen LogP contribution in [0.5, 0.6) is 0 Å². The van der Waals surface area contributed by atoms with Gasteiger partial charge in [0.05, 0.1) is 19.0 Å². The quantitative estimate of drug-likeness (QED) is 0.865. The van der Waals surface area contributed by atoms with Crippen molar-refractivity contribution in [2.75, 3.05) is 0 Å². The number of aliphatic hydroxyl groups excluding tert-OH is 1. The molecule has 1 atom stereocenters. The lowest BCUT2D eigenvalue weighted by molar-refractivity contribution is 0.156. The van der Waals surface area contributed by atoms with E-state index in [4.69, 9.17) is 11.6 Å². The lowest BCUT2D eigenvalue weighted by atomic mass is 10.1. The van der Waals surface area contributed by atoms with Crippen LogP contribution < -0.4 is 0 Å². The third kappa shape index (κ3) is 2.58. The molecule has 0 amide bonds. The molecule has 3 nitrogen and oxygen atoms in total. The number of imidazole rings is 1. The molecule has 0 radical (unpaired) electrons. The predicted molar refractivity (Wildman–Crippen MR) is 58.6 cm³/mol. The molecule has 0 fully saturated rings. The molecular weight excluding hydrogens is 212 g/mol. The van der Waals surface area contributed by atoms with Crippen molar-refractivity contribution in [3.8, 4) is 0 Å². The Morgan fingerprint density at radius 1 is 1.47 bits per heavy atom. The van der Waals surface area contributed by atoms with Crippen LogP contribution in [0.2, 0.25) is 5.02 Å². The summed E-state index contributed by atoms with van der Waals surface area (Å²) in [5, 5.41) is 10.5. The highest BCUT2D eigenvalue weighted by atomic mass is 35.5. The molecule has 15 heavy (non-hydrogen) atoms. The second-order valence-corrected chi connectivity index (χ2v) is 3.77. The van der Waals surface area contributed by atoms with Gasteiger partial charge in [0.15, 0.2) is 0 Å². The van der Waals surface area contributed by atoms with E-state index in [0.717, 1.165) is 5.56 Å². The zero-order valence-electron chi connectivity index (χ0n) is 8.05. The number of halogens is 1. The van der Waals surface area contributed by atoms with Gasteiger partial charge in [0.1, 0.15) is 0 Å². The van der Waals surface area contributed by atoms with Crippen molar-refractivity contribution in [2.24, 2.45) is 0 Å². The van der Waals surface area contributed by atoms with Crippen molar-refractivity contribution in [3.05, 3.63) is 53.6 Å². The topological polar surface area (TPSA) is 38.0 Å². The minimum Gasteiger partial charge on any atom is -0.387 e. The van der Waals surface area contributed by atoms with Gasteiger partial charge in [-0.3, -0.25) is 0 Å². The molecule has 0 aliphatic carbocycles. The molecule has 0 saturated heterocycles. The first-order valence-electron chi connectivity index (χ1n) is 4.65. The summed E-state index contributed by atoms with van der Waals surface area (Å²) >= 11 is 5.84. The molecule has 1 aromatic carbocycles. The maximum Gasteiger partial charge on any atom is 0.0969 e. The van der Waals surface area contributed by atoms with Crippen LogP contribution in [0, 0.1) is 0 Å². The van der Waals surface area contributed by atoms with Crippen LogP contribution in [-0.2, 0) is 6.54 Å². The second-order valence-electron chi connectivity index (χ2n) is 3.33. The van der Waals surface area contributed by atoms with E-state index in [9.17, 15) is 5.11 Å². The third-order valence-electron chi connectivity index (χ3n) is 2.18. The van der Waals surface area contributed by atoms with Gasteiger partial charge in [0.2, 0.25) is 0 Å². The fourth-order valence-corrected chi connectivity index (χ4v) is 1.61. The number of hydrogen-bond acceptors (Lipinski definition) is 2. The Kier molecular flexibility index (Phi) is 3.04. The molecular formula is C11H11ClN2O. The zero-order valence-corrected chi connectivity index (χ0v) is 8.80. The van der Waals surface area contributed by atoms with Crippen molar-refractivity contribution in [1.82, 2.24) is 9.55 Å². The maximum absolute atomic E-state index is 9.91. The molecule has 0 spiro atoms. The van der Waals surface area contributed by atoms with E-state index in [-0.39, 0.29) is 0 Å². The molecule has 0 saturated carbocycles. The average Bonchev–Trinajstić information content (AvgIpc) is 2.70. The highest BCUT2D eigenvalue weighted by Crippen LogP contribution is 2.18. The molecule has 2 aromatic rings. The molecule has 0 aliphatic heterocycles. The van der Waals surface area contributed by atoms with Gasteiger partial charge in [-0.15, -0.1) is 0 Å². The number of rotatable bonds is 3. The van der Waals surface area contributed by atoms with Crippen molar-refractivity contribution in [2.45, 2.75) is 12.6 Å². The van der Waals surface area contributed by atoms with Crippen LogP contribution in [0.25, 0.3) is 0 Å². The number of hydrogen-bond donors (Lipinski definition) is 1. The van der Waals surface area contributed by atoms with Gasteiger partial charge in [-0.1, -0.05) is 23.7 Å². The Bertz CT molecular complexity index is 428. The van der Waals surface area contributed by atoms with Crippen LogP contribution in [0.1, 0.15) is 11.7 Å². The molecule has 1 heterocycles. The Morgan fingerprint density at radius 3 is 3.00 bits per heavy atom. The summed E-state index contributed by atoms with van der Waals surface area (Å²) in [4.78, 5) is 3.91. The zero-order chi connectivity index (χ0) is 10.7. The lowest BCUT2D eigenvalue weighted by Gasteiger charge is -2.11. The fourth-order valence-electron chi connectivity index (χ4n) is 1.41. The molecule has 0 aliphatic rings. The standard InChI is InChI=1S/C11H11ClN2O/c12-10-3-1-2-9(6-10)11(15)7-14-5-4-13-8-14/h1-6,8,11,15H,7H2/t11-/m0/s1. The number of aromatic nitrogens is 2. The predicted octanol–water partition coefficient (Wildman–Crippen LogP) is 2.27. The summed E-state index contributed by atoms with van der Waals surface area (Å²) in [5.41, 5.74) is 0.816. The maximum atomic E-state index is 9.91. The first-order chi connectivity index (χ1) is 7.25. The molecule has 0 unspecified atom stereocenters. The van der Waals surface area contributed by atoms with Crippen LogP contribution in [-0.4, -0.2) is 14.7 Å². The van der Waals surface area contributed by atoms with Crippen LogP contribution in [0.3, 0.4) is 0 Å². The Balaban J connectivity index is 2.11. The molecule has 0 bridgehead atoms. The van der Waals surface area contributed by atoms with Gasteiger partial charge in [-0.25, -0.2) is 4.98 Å². The van der Waals surface area contributed by atoms with E-state index < -0.39 is 6.10 Å². The van der Waals surface area contributed by atoms with Gasteiger partial charge in [-0.05, 0) is 17.7 Å². The van der Waals surface area contributed by atoms with Crippen molar-refractivity contribution in [1.29, 1.82) is 0 Å². The van der Waals surface area contributed by atoms with Crippen molar-refractivity contribution in [3.63, 3.8) is 0 Å². The highest BCUT2D eigenvalue weighted by Gasteiger charge is 2.07. The van der Waals surface area contributed by atoms with E-state index in [1.165, 1.54) is 0 Å². The smallest absolute Gasteiger partial charge is 0.0969 e. The van der Waals surface area contributed by atoms with Crippen LogP contribution in [0.15, 0.2) is 43.0 Å². The fraction of sp³-hybridized carbons (Fsp3) is 0.182. The highest BCUT2D eigenvalue weighted by molar-refractivity contribution is 6.30. The first kappa shape index (κ1) is 10.2. The van der Waals surface area contributed by atoms with Gasteiger partial charge < -0.3 is 9.67 Å². The Labute approximate surface area is 93.0 Å². The summed E-state index contributed by atoms with van der Waals surface area (Å²) < 4.78 is 1.82. The molecule has 2 rings (SSSR count). The van der Waals surface area contributed by atoms with E-state index in [1.807, 2.05) is 22.9 Å².